The normalized spacial score (nSPS) is 12.2. The lowest BCUT2D eigenvalue weighted by Gasteiger charge is -2.19. The average molecular weight is 497 g/mol. The summed E-state index contributed by atoms with van der Waals surface area (Å²) in [7, 11) is -3.74. The first kappa shape index (κ1) is 26.4. The maximum atomic E-state index is 12.7. The van der Waals surface area contributed by atoms with Crippen molar-refractivity contribution >= 4 is 39.5 Å². The topological polar surface area (TPSA) is 138 Å². The van der Waals surface area contributed by atoms with Crippen molar-refractivity contribution in [2.24, 2.45) is 0 Å². The van der Waals surface area contributed by atoms with Crippen molar-refractivity contribution in [2.45, 2.75) is 31.2 Å². The van der Waals surface area contributed by atoms with E-state index in [1.54, 1.807) is 19.9 Å². The quantitative estimate of drug-likeness (QED) is 0.402. The Morgan fingerprint density at radius 1 is 1.06 bits per heavy atom. The average Bonchev–Trinajstić information content (AvgIpc) is 3.35. The summed E-state index contributed by atoms with van der Waals surface area (Å²) in [6.07, 6.45) is 3.54. The summed E-state index contributed by atoms with van der Waals surface area (Å²) in [4.78, 5) is 37.4. The molecule has 2 aromatic rings. The van der Waals surface area contributed by atoms with Gasteiger partial charge in [-0.25, -0.2) is 8.42 Å². The van der Waals surface area contributed by atoms with Gasteiger partial charge in [-0.1, -0.05) is 19.9 Å². The Balaban J connectivity index is 2.07. The first-order chi connectivity index (χ1) is 15.7. The van der Waals surface area contributed by atoms with Crippen molar-refractivity contribution in [3.63, 3.8) is 0 Å². The number of sulfonamides is 1. The number of furan rings is 1. The molecular weight excluding hydrogens is 468 g/mol. The number of amides is 3. The minimum Gasteiger partial charge on any atom is -0.459 e. The molecule has 0 radical (unpaired) electrons. The van der Waals surface area contributed by atoms with Gasteiger partial charge < -0.3 is 9.73 Å². The van der Waals surface area contributed by atoms with Gasteiger partial charge in [0.15, 0.2) is 5.76 Å². The molecule has 1 aromatic carbocycles. The molecule has 1 atom stereocenters. The largest absolute Gasteiger partial charge is 0.459 e. The molecule has 12 heteroatoms. The standard InChI is InChI=1S/C21H28N4O6S2/c1-4-25(5-2)33(29,30)16-9-6-8-15(14-16)19(26)23-24-20(27)17(11-13-32-3)22-21(28)18-10-7-12-31-18/h6-10,12,14,17H,4-5,11,13H2,1-3H3,(H,22,28)(H,23,26)(H,24,27). The molecule has 0 aliphatic carbocycles. The van der Waals surface area contributed by atoms with Crippen LogP contribution < -0.4 is 16.2 Å². The Kier molecular flexibility index (Phi) is 9.95. The van der Waals surface area contributed by atoms with Crippen LogP contribution in [0.1, 0.15) is 41.2 Å². The van der Waals surface area contributed by atoms with Gasteiger partial charge in [0.2, 0.25) is 10.0 Å². The third kappa shape index (κ3) is 7.07. The Morgan fingerprint density at radius 3 is 2.39 bits per heavy atom. The van der Waals surface area contributed by atoms with E-state index in [9.17, 15) is 22.8 Å². The Hall–Kier alpha value is -2.83. The SMILES string of the molecule is CCN(CC)S(=O)(=O)c1cccc(C(=O)NNC(=O)C(CCSC)NC(=O)c2ccco2)c1. The lowest BCUT2D eigenvalue weighted by atomic mass is 10.2. The minimum atomic E-state index is -3.74. The van der Waals surface area contributed by atoms with E-state index < -0.39 is 33.8 Å². The number of carbonyl (C=O) groups excluding carboxylic acids is 3. The molecule has 10 nitrogen and oxygen atoms in total. The summed E-state index contributed by atoms with van der Waals surface area (Å²) in [5.41, 5.74) is 4.62. The molecule has 0 saturated heterocycles. The fourth-order valence-corrected chi connectivity index (χ4v) is 4.91. The van der Waals surface area contributed by atoms with E-state index in [1.165, 1.54) is 52.7 Å². The van der Waals surface area contributed by atoms with Gasteiger partial charge in [-0.05, 0) is 48.8 Å². The van der Waals surface area contributed by atoms with E-state index in [1.807, 2.05) is 6.26 Å². The molecule has 0 aliphatic rings. The molecule has 3 N–H and O–H groups in total. The molecule has 1 aromatic heterocycles. The zero-order chi connectivity index (χ0) is 24.4. The van der Waals surface area contributed by atoms with Gasteiger partial charge in [-0.15, -0.1) is 0 Å². The smallest absolute Gasteiger partial charge is 0.287 e. The fourth-order valence-electron chi connectivity index (χ4n) is 2.93. The number of hydrogen-bond donors (Lipinski definition) is 3. The Labute approximate surface area is 197 Å². The van der Waals surface area contributed by atoms with Gasteiger partial charge in [-0.3, -0.25) is 25.2 Å². The van der Waals surface area contributed by atoms with Gasteiger partial charge in [0.05, 0.1) is 11.2 Å². The van der Waals surface area contributed by atoms with Gasteiger partial charge >= 0.3 is 0 Å². The fraction of sp³-hybridized carbons (Fsp3) is 0.381. The van der Waals surface area contributed by atoms with Gasteiger partial charge in [0.1, 0.15) is 6.04 Å². The summed E-state index contributed by atoms with van der Waals surface area (Å²) < 4.78 is 31.7. The van der Waals surface area contributed by atoms with Crippen molar-refractivity contribution in [1.82, 2.24) is 20.5 Å². The van der Waals surface area contributed by atoms with Crippen LogP contribution in [0.15, 0.2) is 52.0 Å². The molecule has 1 unspecified atom stereocenters. The summed E-state index contributed by atoms with van der Waals surface area (Å²) in [6, 6.07) is 7.67. The highest BCUT2D eigenvalue weighted by Crippen LogP contribution is 2.17. The number of benzene rings is 1. The predicted octanol–water partition coefficient (Wildman–Crippen LogP) is 1.62. The number of carbonyl (C=O) groups is 3. The molecule has 33 heavy (non-hydrogen) atoms. The van der Waals surface area contributed by atoms with E-state index in [0.29, 0.717) is 25.3 Å². The van der Waals surface area contributed by atoms with Crippen molar-refractivity contribution in [2.75, 3.05) is 25.1 Å². The maximum absolute atomic E-state index is 12.7. The zero-order valence-corrected chi connectivity index (χ0v) is 20.3. The number of nitrogens with zero attached hydrogens (tertiary/aromatic N) is 1. The molecule has 3 amide bonds. The van der Waals surface area contributed by atoms with Crippen LogP contribution in [0.4, 0.5) is 0 Å². The van der Waals surface area contributed by atoms with Crippen molar-refractivity contribution in [3.05, 3.63) is 54.0 Å². The molecule has 0 bridgehead atoms. The van der Waals surface area contributed by atoms with Crippen LogP contribution in [0, 0.1) is 0 Å². The van der Waals surface area contributed by atoms with Gasteiger partial charge in [0, 0.05) is 18.7 Å². The third-order valence-electron chi connectivity index (χ3n) is 4.72. The zero-order valence-electron chi connectivity index (χ0n) is 18.7. The van der Waals surface area contributed by atoms with Crippen LogP contribution in [-0.2, 0) is 14.8 Å². The predicted molar refractivity (Wildman–Crippen MR) is 125 cm³/mol. The summed E-state index contributed by atoms with van der Waals surface area (Å²) in [6.45, 7) is 4.05. The van der Waals surface area contributed by atoms with E-state index in [2.05, 4.69) is 16.2 Å². The summed E-state index contributed by atoms with van der Waals surface area (Å²) >= 11 is 1.50. The van der Waals surface area contributed by atoms with E-state index >= 15 is 0 Å². The van der Waals surface area contributed by atoms with Crippen LogP contribution >= 0.6 is 11.8 Å². The lowest BCUT2D eigenvalue weighted by molar-refractivity contribution is -0.123. The van der Waals surface area contributed by atoms with Crippen LogP contribution in [0.25, 0.3) is 0 Å². The van der Waals surface area contributed by atoms with Crippen molar-refractivity contribution in [3.8, 4) is 0 Å². The highest BCUT2D eigenvalue weighted by Gasteiger charge is 2.24. The van der Waals surface area contributed by atoms with Crippen LogP contribution in [0.5, 0.6) is 0 Å². The third-order valence-corrected chi connectivity index (χ3v) is 7.41. The second-order valence-electron chi connectivity index (χ2n) is 6.85. The molecule has 2 rings (SSSR count). The Bertz CT molecular complexity index is 1050. The number of hydrogen-bond acceptors (Lipinski definition) is 7. The molecule has 0 spiro atoms. The maximum Gasteiger partial charge on any atom is 0.287 e. The number of thioether (sulfide) groups is 1. The lowest BCUT2D eigenvalue weighted by Crippen LogP contribution is -2.52. The Morgan fingerprint density at radius 2 is 1.79 bits per heavy atom. The van der Waals surface area contributed by atoms with E-state index in [0.717, 1.165) is 0 Å². The van der Waals surface area contributed by atoms with Crippen LogP contribution in [-0.4, -0.2) is 61.6 Å². The second-order valence-corrected chi connectivity index (χ2v) is 9.77. The highest BCUT2D eigenvalue weighted by atomic mass is 32.2. The second kappa shape index (κ2) is 12.4. The molecule has 180 valence electrons. The van der Waals surface area contributed by atoms with Crippen LogP contribution in [0.2, 0.25) is 0 Å². The number of nitrogens with one attached hydrogen (secondary N) is 3. The van der Waals surface area contributed by atoms with E-state index in [4.69, 9.17) is 4.42 Å². The van der Waals surface area contributed by atoms with Crippen molar-refractivity contribution in [1.29, 1.82) is 0 Å². The molecule has 0 saturated carbocycles. The first-order valence-corrected chi connectivity index (χ1v) is 13.1. The number of rotatable bonds is 11. The minimum absolute atomic E-state index is 0.0197. The highest BCUT2D eigenvalue weighted by molar-refractivity contribution is 7.98. The molecule has 1 heterocycles. The van der Waals surface area contributed by atoms with Gasteiger partial charge in [-0.2, -0.15) is 16.1 Å². The first-order valence-electron chi connectivity index (χ1n) is 10.3. The van der Waals surface area contributed by atoms with E-state index in [-0.39, 0.29) is 16.2 Å². The number of hydrazine groups is 1. The summed E-state index contributed by atoms with van der Waals surface area (Å²) in [5, 5.41) is 2.58. The van der Waals surface area contributed by atoms with Crippen LogP contribution in [0.3, 0.4) is 0 Å². The van der Waals surface area contributed by atoms with Crippen molar-refractivity contribution < 1.29 is 27.2 Å². The molecule has 0 fully saturated rings. The molecular formula is C21H28N4O6S2. The van der Waals surface area contributed by atoms with Gasteiger partial charge in [0.25, 0.3) is 17.7 Å². The summed E-state index contributed by atoms with van der Waals surface area (Å²) in [5.74, 6) is -1.21. The monoisotopic (exact) mass is 496 g/mol. The molecule has 0 aliphatic heterocycles.